The van der Waals surface area contributed by atoms with Crippen LogP contribution in [-0.4, -0.2) is 52.8 Å². The van der Waals surface area contributed by atoms with Crippen LogP contribution in [-0.2, 0) is 16.2 Å². The second-order valence-corrected chi connectivity index (χ2v) is 8.93. The summed E-state index contributed by atoms with van der Waals surface area (Å²) in [6.45, 7) is 1.98. The summed E-state index contributed by atoms with van der Waals surface area (Å²) in [5.41, 5.74) is 1.67. The van der Waals surface area contributed by atoms with E-state index in [9.17, 15) is 10.1 Å². The van der Waals surface area contributed by atoms with Gasteiger partial charge in [-0.3, -0.25) is 4.79 Å². The number of nitriles is 1. The Morgan fingerprint density at radius 2 is 2.21 bits per heavy atom. The molecule has 1 aromatic carbocycles. The molecule has 9 heteroatoms. The number of rotatable bonds is 9. The van der Waals surface area contributed by atoms with Crippen LogP contribution in [0.25, 0.3) is 10.9 Å². The minimum absolute atomic E-state index is 0.0940. The Morgan fingerprint density at radius 3 is 3.00 bits per heavy atom. The molecule has 33 heavy (non-hydrogen) atoms. The minimum Gasteiger partial charge on any atom is -0.399 e. The number of aromatic amines is 1. The van der Waals surface area contributed by atoms with E-state index in [1.807, 2.05) is 52.3 Å². The van der Waals surface area contributed by atoms with Gasteiger partial charge in [0.2, 0.25) is 5.91 Å². The van der Waals surface area contributed by atoms with Gasteiger partial charge in [0.15, 0.2) is 0 Å². The first-order chi connectivity index (χ1) is 16.2. The van der Waals surface area contributed by atoms with Crippen molar-refractivity contribution in [2.45, 2.75) is 36.7 Å². The summed E-state index contributed by atoms with van der Waals surface area (Å²) in [4.78, 5) is 24.5. The molecule has 1 atom stereocenters. The zero-order valence-corrected chi connectivity index (χ0v) is 19.4. The predicted molar refractivity (Wildman–Crippen MR) is 130 cm³/mol. The van der Waals surface area contributed by atoms with E-state index in [0.717, 1.165) is 28.6 Å². The first-order valence-electron chi connectivity index (χ1n) is 11.1. The van der Waals surface area contributed by atoms with Crippen LogP contribution >= 0.6 is 11.9 Å². The first-order valence-corrected chi connectivity index (χ1v) is 11.9. The van der Waals surface area contributed by atoms with Gasteiger partial charge in [0.05, 0.1) is 6.04 Å². The molecule has 1 fully saturated rings. The van der Waals surface area contributed by atoms with Gasteiger partial charge in [-0.25, -0.2) is 4.72 Å². The Kier molecular flexibility index (Phi) is 7.70. The van der Waals surface area contributed by atoms with Gasteiger partial charge in [0, 0.05) is 60.0 Å². The van der Waals surface area contributed by atoms with Gasteiger partial charge < -0.3 is 19.3 Å². The SMILES string of the molecule is CO/N=C/C1CCN(C(=O)C(CCn2cccc2C#N)NSc2cccc3[nH]ccc23)CC1. The second-order valence-electron chi connectivity index (χ2n) is 8.05. The summed E-state index contributed by atoms with van der Waals surface area (Å²) in [5.74, 6) is 0.426. The van der Waals surface area contributed by atoms with Crippen molar-refractivity contribution in [3.63, 3.8) is 0 Å². The summed E-state index contributed by atoms with van der Waals surface area (Å²) >= 11 is 1.48. The fraction of sp³-hybridized carbons (Fsp3) is 0.375. The molecule has 3 aromatic rings. The van der Waals surface area contributed by atoms with E-state index in [1.165, 1.54) is 11.9 Å². The number of aryl methyl sites for hydroxylation is 1. The summed E-state index contributed by atoms with van der Waals surface area (Å²) in [6, 6.07) is 13.6. The molecule has 1 aliphatic rings. The van der Waals surface area contributed by atoms with Crippen molar-refractivity contribution in [3.05, 3.63) is 54.5 Å². The monoisotopic (exact) mass is 464 g/mol. The van der Waals surface area contributed by atoms with Gasteiger partial charge in [0.25, 0.3) is 0 Å². The fourth-order valence-electron chi connectivity index (χ4n) is 4.13. The number of benzene rings is 1. The largest absolute Gasteiger partial charge is 0.399 e. The highest BCUT2D eigenvalue weighted by Crippen LogP contribution is 2.26. The Morgan fingerprint density at radius 1 is 1.36 bits per heavy atom. The quantitative estimate of drug-likeness (QED) is 0.285. The van der Waals surface area contributed by atoms with Gasteiger partial charge in [-0.2, -0.15) is 5.26 Å². The number of hydrogen-bond acceptors (Lipinski definition) is 6. The topological polar surface area (TPSA) is 98.4 Å². The van der Waals surface area contributed by atoms with Crippen molar-refractivity contribution in [1.29, 1.82) is 5.26 Å². The minimum atomic E-state index is -0.373. The molecule has 0 spiro atoms. The summed E-state index contributed by atoms with van der Waals surface area (Å²) < 4.78 is 5.33. The summed E-state index contributed by atoms with van der Waals surface area (Å²) in [7, 11) is 1.54. The molecule has 1 saturated heterocycles. The van der Waals surface area contributed by atoms with Gasteiger partial charge >= 0.3 is 0 Å². The zero-order chi connectivity index (χ0) is 23.0. The summed E-state index contributed by atoms with van der Waals surface area (Å²) in [5, 5.41) is 14.3. The molecular weight excluding hydrogens is 436 g/mol. The van der Waals surface area contributed by atoms with Gasteiger partial charge in [-0.15, -0.1) is 0 Å². The Hall–Kier alpha value is -3.22. The van der Waals surface area contributed by atoms with E-state index in [4.69, 9.17) is 4.84 Å². The number of carbonyl (C=O) groups excluding carboxylic acids is 1. The number of fused-ring (bicyclic) bond motifs is 1. The van der Waals surface area contributed by atoms with E-state index >= 15 is 0 Å². The Balaban J connectivity index is 1.45. The number of nitrogens with one attached hydrogen (secondary N) is 2. The van der Waals surface area contributed by atoms with E-state index < -0.39 is 0 Å². The van der Waals surface area contributed by atoms with Crippen LogP contribution in [0.4, 0.5) is 0 Å². The molecule has 0 radical (unpaired) electrons. The van der Waals surface area contributed by atoms with Gasteiger partial charge in [-0.1, -0.05) is 11.2 Å². The molecule has 0 bridgehead atoms. The van der Waals surface area contributed by atoms with E-state index in [0.29, 0.717) is 37.7 Å². The highest BCUT2D eigenvalue weighted by molar-refractivity contribution is 7.97. The van der Waals surface area contributed by atoms with Crippen molar-refractivity contribution in [2.24, 2.45) is 11.1 Å². The first kappa shape index (κ1) is 23.0. The Labute approximate surface area is 197 Å². The number of likely N-dealkylation sites (tertiary alicyclic amines) is 1. The number of hydrogen-bond donors (Lipinski definition) is 2. The van der Waals surface area contributed by atoms with Crippen molar-refractivity contribution in [3.8, 4) is 6.07 Å². The van der Waals surface area contributed by atoms with Crippen LogP contribution in [0.3, 0.4) is 0 Å². The molecule has 2 N–H and O–H groups in total. The third kappa shape index (κ3) is 5.59. The smallest absolute Gasteiger partial charge is 0.240 e. The lowest BCUT2D eigenvalue weighted by Crippen LogP contribution is -2.48. The number of carbonyl (C=O) groups is 1. The summed E-state index contributed by atoms with van der Waals surface area (Å²) in [6.07, 6.45) is 7.97. The van der Waals surface area contributed by atoms with Crippen molar-refractivity contribution in [1.82, 2.24) is 19.2 Å². The van der Waals surface area contributed by atoms with Crippen LogP contribution < -0.4 is 4.72 Å². The highest BCUT2D eigenvalue weighted by Gasteiger charge is 2.28. The van der Waals surface area contributed by atoms with Crippen LogP contribution in [0.2, 0.25) is 0 Å². The van der Waals surface area contributed by atoms with Gasteiger partial charge in [-0.05, 0) is 61.5 Å². The molecule has 1 amide bonds. The van der Waals surface area contributed by atoms with Crippen molar-refractivity contribution < 1.29 is 9.63 Å². The maximum atomic E-state index is 13.5. The third-order valence-corrected chi connectivity index (χ3v) is 6.97. The molecule has 8 nitrogen and oxygen atoms in total. The lowest BCUT2D eigenvalue weighted by Gasteiger charge is -2.33. The maximum Gasteiger partial charge on any atom is 0.240 e. The number of oxime groups is 1. The number of aromatic nitrogens is 2. The Bertz CT molecular complexity index is 1140. The number of amides is 1. The molecule has 3 heterocycles. The molecule has 1 unspecified atom stereocenters. The average Bonchev–Trinajstić information content (AvgIpc) is 3.52. The van der Waals surface area contributed by atoms with E-state index in [-0.39, 0.29) is 11.9 Å². The van der Waals surface area contributed by atoms with E-state index in [1.54, 1.807) is 13.2 Å². The molecule has 0 saturated carbocycles. The van der Waals surface area contributed by atoms with Crippen LogP contribution in [0.5, 0.6) is 0 Å². The standard InChI is InChI=1S/C24H28N6O2S/c1-32-27-17-18-8-13-30(14-9-18)24(31)22(10-15-29-12-3-4-19(29)16-25)28-33-23-6-2-5-21-20(23)7-11-26-21/h2-7,11-12,17-18,22,26,28H,8-10,13-15H2,1H3/b27-17+. The molecule has 1 aliphatic heterocycles. The zero-order valence-electron chi connectivity index (χ0n) is 18.6. The van der Waals surface area contributed by atoms with Crippen LogP contribution in [0, 0.1) is 17.2 Å². The highest BCUT2D eigenvalue weighted by atomic mass is 32.2. The number of nitrogens with zero attached hydrogens (tertiary/aromatic N) is 4. The lowest BCUT2D eigenvalue weighted by atomic mass is 9.97. The average molecular weight is 465 g/mol. The number of H-pyrrole nitrogens is 1. The fourth-order valence-corrected chi connectivity index (χ4v) is 5.05. The molecular formula is C24H28N6O2S. The van der Waals surface area contributed by atoms with E-state index in [2.05, 4.69) is 27.0 Å². The predicted octanol–water partition coefficient (Wildman–Crippen LogP) is 3.77. The molecule has 172 valence electrons. The van der Waals surface area contributed by atoms with Gasteiger partial charge in [0.1, 0.15) is 18.9 Å². The number of piperidine rings is 1. The lowest BCUT2D eigenvalue weighted by molar-refractivity contribution is -0.134. The van der Waals surface area contributed by atoms with Crippen LogP contribution in [0.15, 0.2) is 58.8 Å². The normalized spacial score (nSPS) is 15.7. The van der Waals surface area contributed by atoms with Crippen molar-refractivity contribution in [2.75, 3.05) is 20.2 Å². The molecule has 2 aromatic heterocycles. The second kappa shape index (κ2) is 11.1. The maximum absolute atomic E-state index is 13.5. The molecule has 0 aliphatic carbocycles. The third-order valence-electron chi connectivity index (χ3n) is 6.00. The van der Waals surface area contributed by atoms with Crippen LogP contribution in [0.1, 0.15) is 25.0 Å². The van der Waals surface area contributed by atoms with Crippen molar-refractivity contribution >= 4 is 35.0 Å². The molecule has 4 rings (SSSR count).